The van der Waals surface area contributed by atoms with Gasteiger partial charge < -0.3 is 15.7 Å². The van der Waals surface area contributed by atoms with Crippen LogP contribution in [0.3, 0.4) is 0 Å². The molecule has 0 saturated carbocycles. The van der Waals surface area contributed by atoms with Gasteiger partial charge in [0.25, 0.3) is 0 Å². The zero-order valence-corrected chi connectivity index (χ0v) is 11.7. The lowest BCUT2D eigenvalue weighted by molar-refractivity contribution is -0.139. The second-order valence-electron chi connectivity index (χ2n) is 4.69. The fourth-order valence-corrected chi connectivity index (χ4v) is 1.67. The standard InChI is InChI=1S/C13H26N2O3/c1-4-6-8-10(3)14-13(18)15-11(12(16)17)9-7-5-2/h10-11H,4-9H2,1-3H3,(H,16,17)(H2,14,15,18)/t10?,11-/m0/s1. The van der Waals surface area contributed by atoms with Crippen molar-refractivity contribution in [1.82, 2.24) is 10.6 Å². The highest BCUT2D eigenvalue weighted by molar-refractivity contribution is 5.82. The summed E-state index contributed by atoms with van der Waals surface area (Å²) in [7, 11) is 0. The SMILES string of the molecule is CCCCC(C)NC(=O)N[C@@H](CCCC)C(=O)O. The summed E-state index contributed by atoms with van der Waals surface area (Å²) in [6.07, 6.45) is 5.24. The van der Waals surface area contributed by atoms with Gasteiger partial charge in [-0.15, -0.1) is 0 Å². The van der Waals surface area contributed by atoms with E-state index in [1.807, 2.05) is 13.8 Å². The molecule has 0 rings (SSSR count). The lowest BCUT2D eigenvalue weighted by Gasteiger charge is -2.18. The van der Waals surface area contributed by atoms with Crippen LogP contribution >= 0.6 is 0 Å². The third-order valence-electron chi connectivity index (χ3n) is 2.82. The van der Waals surface area contributed by atoms with Gasteiger partial charge in [-0.1, -0.05) is 39.5 Å². The lowest BCUT2D eigenvalue weighted by Crippen LogP contribution is -2.48. The van der Waals surface area contributed by atoms with Crippen molar-refractivity contribution in [2.24, 2.45) is 0 Å². The first-order chi connectivity index (χ1) is 8.51. The average molecular weight is 258 g/mol. The number of unbranched alkanes of at least 4 members (excludes halogenated alkanes) is 2. The van der Waals surface area contributed by atoms with Gasteiger partial charge in [0.15, 0.2) is 0 Å². The number of rotatable bonds is 9. The average Bonchev–Trinajstić information content (AvgIpc) is 2.31. The molecule has 2 atom stereocenters. The minimum absolute atomic E-state index is 0.0746. The fraction of sp³-hybridized carbons (Fsp3) is 0.846. The third kappa shape index (κ3) is 7.92. The molecule has 0 radical (unpaired) electrons. The largest absolute Gasteiger partial charge is 0.480 e. The van der Waals surface area contributed by atoms with E-state index in [9.17, 15) is 9.59 Å². The van der Waals surface area contributed by atoms with Crippen LogP contribution in [0.5, 0.6) is 0 Å². The molecular weight excluding hydrogens is 232 g/mol. The summed E-state index contributed by atoms with van der Waals surface area (Å²) >= 11 is 0. The summed E-state index contributed by atoms with van der Waals surface area (Å²) in [4.78, 5) is 22.6. The van der Waals surface area contributed by atoms with E-state index in [0.717, 1.165) is 32.1 Å². The molecule has 0 aliphatic heterocycles. The quantitative estimate of drug-likeness (QED) is 0.594. The van der Waals surface area contributed by atoms with Gasteiger partial charge >= 0.3 is 12.0 Å². The van der Waals surface area contributed by atoms with Crippen molar-refractivity contribution in [2.45, 2.75) is 71.4 Å². The summed E-state index contributed by atoms with van der Waals surface area (Å²) < 4.78 is 0. The van der Waals surface area contributed by atoms with E-state index in [4.69, 9.17) is 5.11 Å². The minimum atomic E-state index is -0.972. The predicted molar refractivity (Wildman–Crippen MR) is 71.6 cm³/mol. The maximum Gasteiger partial charge on any atom is 0.326 e. The van der Waals surface area contributed by atoms with Crippen LogP contribution in [0.2, 0.25) is 0 Å². The topological polar surface area (TPSA) is 78.4 Å². The molecule has 0 saturated heterocycles. The molecule has 0 aromatic rings. The fourth-order valence-electron chi connectivity index (χ4n) is 1.67. The third-order valence-corrected chi connectivity index (χ3v) is 2.82. The highest BCUT2D eigenvalue weighted by atomic mass is 16.4. The zero-order valence-electron chi connectivity index (χ0n) is 11.7. The van der Waals surface area contributed by atoms with E-state index in [2.05, 4.69) is 17.6 Å². The number of carbonyl (C=O) groups excluding carboxylic acids is 1. The lowest BCUT2D eigenvalue weighted by atomic mass is 10.1. The second kappa shape index (κ2) is 9.74. The van der Waals surface area contributed by atoms with E-state index in [-0.39, 0.29) is 12.1 Å². The van der Waals surface area contributed by atoms with Crippen LogP contribution < -0.4 is 10.6 Å². The Hall–Kier alpha value is -1.26. The van der Waals surface area contributed by atoms with Crippen LogP contribution in [0.15, 0.2) is 0 Å². The molecule has 1 unspecified atom stereocenters. The number of nitrogens with one attached hydrogen (secondary N) is 2. The van der Waals surface area contributed by atoms with Gasteiger partial charge in [0.05, 0.1) is 0 Å². The maximum absolute atomic E-state index is 11.6. The number of hydrogen-bond acceptors (Lipinski definition) is 2. The zero-order chi connectivity index (χ0) is 14.0. The number of hydrogen-bond donors (Lipinski definition) is 3. The molecule has 0 fully saturated rings. The van der Waals surface area contributed by atoms with E-state index < -0.39 is 12.0 Å². The normalized spacial score (nSPS) is 13.7. The number of carboxylic acid groups (broad SMARTS) is 1. The first kappa shape index (κ1) is 16.7. The molecule has 0 aromatic heterocycles. The Labute approximate surface area is 109 Å². The van der Waals surface area contributed by atoms with Gasteiger partial charge in [0.2, 0.25) is 0 Å². The van der Waals surface area contributed by atoms with Crippen LogP contribution in [-0.4, -0.2) is 29.2 Å². The van der Waals surface area contributed by atoms with Gasteiger partial charge in [-0.25, -0.2) is 9.59 Å². The van der Waals surface area contributed by atoms with Crippen LogP contribution in [0.25, 0.3) is 0 Å². The summed E-state index contributed by atoms with van der Waals surface area (Å²) in [5, 5.41) is 14.3. The van der Waals surface area contributed by atoms with E-state index in [0.29, 0.717) is 6.42 Å². The van der Waals surface area contributed by atoms with Crippen LogP contribution in [0, 0.1) is 0 Å². The van der Waals surface area contributed by atoms with Gasteiger partial charge in [-0.2, -0.15) is 0 Å². The Morgan fingerprint density at radius 2 is 1.61 bits per heavy atom. The highest BCUT2D eigenvalue weighted by Gasteiger charge is 2.19. The van der Waals surface area contributed by atoms with Gasteiger partial charge in [-0.05, 0) is 19.8 Å². The molecule has 0 bridgehead atoms. The van der Waals surface area contributed by atoms with Crippen molar-refractivity contribution in [1.29, 1.82) is 0 Å². The number of carbonyl (C=O) groups is 2. The summed E-state index contributed by atoms with van der Waals surface area (Å²) in [5.74, 6) is -0.972. The van der Waals surface area contributed by atoms with E-state index in [1.165, 1.54) is 0 Å². The molecule has 2 amide bonds. The summed E-state index contributed by atoms with van der Waals surface area (Å²) in [6.45, 7) is 6.01. The van der Waals surface area contributed by atoms with Crippen LogP contribution in [-0.2, 0) is 4.79 Å². The van der Waals surface area contributed by atoms with Crippen molar-refractivity contribution < 1.29 is 14.7 Å². The number of aliphatic carboxylic acids is 1. The molecule has 18 heavy (non-hydrogen) atoms. The molecule has 5 heteroatoms. The second-order valence-corrected chi connectivity index (χ2v) is 4.69. The van der Waals surface area contributed by atoms with E-state index >= 15 is 0 Å². The molecule has 0 aliphatic carbocycles. The first-order valence-corrected chi connectivity index (χ1v) is 6.81. The smallest absolute Gasteiger partial charge is 0.326 e. The molecule has 0 aliphatic rings. The molecule has 0 aromatic carbocycles. The Morgan fingerprint density at radius 3 is 2.11 bits per heavy atom. The molecule has 0 heterocycles. The van der Waals surface area contributed by atoms with Crippen LogP contribution in [0.1, 0.15) is 59.3 Å². The monoisotopic (exact) mass is 258 g/mol. The van der Waals surface area contributed by atoms with Crippen LogP contribution in [0.4, 0.5) is 4.79 Å². The molecule has 5 nitrogen and oxygen atoms in total. The number of amides is 2. The van der Waals surface area contributed by atoms with Crippen molar-refractivity contribution in [3.63, 3.8) is 0 Å². The Morgan fingerprint density at radius 1 is 1.06 bits per heavy atom. The maximum atomic E-state index is 11.6. The molecule has 0 spiro atoms. The molecule has 106 valence electrons. The van der Waals surface area contributed by atoms with E-state index in [1.54, 1.807) is 0 Å². The first-order valence-electron chi connectivity index (χ1n) is 6.81. The Balaban J connectivity index is 4.04. The molecule has 3 N–H and O–H groups in total. The van der Waals surface area contributed by atoms with Crippen molar-refractivity contribution in [3.05, 3.63) is 0 Å². The molecular formula is C13H26N2O3. The summed E-state index contributed by atoms with van der Waals surface area (Å²) in [6, 6.07) is -1.10. The van der Waals surface area contributed by atoms with Crippen molar-refractivity contribution >= 4 is 12.0 Å². The predicted octanol–water partition coefficient (Wildman–Crippen LogP) is 2.51. The summed E-state index contributed by atoms with van der Waals surface area (Å²) in [5.41, 5.74) is 0. The van der Waals surface area contributed by atoms with Crippen molar-refractivity contribution in [2.75, 3.05) is 0 Å². The van der Waals surface area contributed by atoms with Gasteiger partial charge in [0.1, 0.15) is 6.04 Å². The number of carboxylic acids is 1. The van der Waals surface area contributed by atoms with Gasteiger partial charge in [-0.3, -0.25) is 0 Å². The van der Waals surface area contributed by atoms with Crippen molar-refractivity contribution in [3.8, 4) is 0 Å². The minimum Gasteiger partial charge on any atom is -0.480 e. The number of urea groups is 1. The van der Waals surface area contributed by atoms with Gasteiger partial charge in [0, 0.05) is 6.04 Å². The Kier molecular flexibility index (Phi) is 9.06. The Bertz CT molecular complexity index is 257. The highest BCUT2D eigenvalue weighted by Crippen LogP contribution is 2.02.